The van der Waals surface area contributed by atoms with Gasteiger partial charge in [0.15, 0.2) is 0 Å². The fraction of sp³-hybridized carbons (Fsp3) is 0.778. The molecule has 1 aromatic rings. The molecule has 0 amide bonds. The quantitative estimate of drug-likeness (QED) is 0.312. The van der Waals surface area contributed by atoms with E-state index < -0.39 is 18.4 Å². The van der Waals surface area contributed by atoms with E-state index >= 15 is 0 Å². The van der Waals surface area contributed by atoms with Crippen LogP contribution in [0.2, 0.25) is 13.3 Å². The van der Waals surface area contributed by atoms with Crippen LogP contribution in [0.1, 0.15) is 72.1 Å². The van der Waals surface area contributed by atoms with E-state index in [0.717, 1.165) is 0 Å². The van der Waals surface area contributed by atoms with E-state index in [9.17, 15) is 0 Å². The first-order chi connectivity index (χ1) is 9.79. The van der Waals surface area contributed by atoms with Crippen molar-refractivity contribution in [1.82, 2.24) is 0 Å². The summed E-state index contributed by atoms with van der Waals surface area (Å²) < 4.78 is 11.9. The van der Waals surface area contributed by atoms with E-state index in [1.165, 1.54) is 68.5 Å². The molecular weight excluding hydrogens is 351 g/mol. The van der Waals surface area contributed by atoms with Crippen LogP contribution in [0.25, 0.3) is 0 Å². The summed E-state index contributed by atoms with van der Waals surface area (Å²) in [6.07, 6.45) is 13.0. The van der Waals surface area contributed by atoms with Crippen LogP contribution in [0.5, 0.6) is 0 Å². The molecule has 0 spiro atoms. The average molecular weight is 385 g/mol. The molecule has 116 valence electrons. The predicted octanol–water partition coefficient (Wildman–Crippen LogP) is 6.12. The molecule has 1 nitrogen and oxygen atoms in total. The zero-order chi connectivity index (χ0) is 14.7. The van der Waals surface area contributed by atoms with Crippen LogP contribution in [-0.2, 0) is 0 Å². The third kappa shape index (κ3) is 5.83. The summed E-state index contributed by atoms with van der Waals surface area (Å²) in [7, 11) is 0. The van der Waals surface area contributed by atoms with Gasteiger partial charge in [-0.05, 0) is 0 Å². The van der Waals surface area contributed by atoms with E-state index in [4.69, 9.17) is 4.42 Å². The molecule has 0 fully saturated rings. The standard InChI is InChI=1S/C6H13.C4H3O.2C4H9.Sn/c1-3-5-6-4-2;1-2-4-5-3-1;2*1-3-4-2;/h1,3-6H2,2H3;1-3H;2*1,3-4H2,2H3;. The Labute approximate surface area is 130 Å². The molecule has 0 aliphatic rings. The number of furan rings is 1. The zero-order valence-corrected chi connectivity index (χ0v) is 16.8. The topological polar surface area (TPSA) is 13.1 Å². The predicted molar refractivity (Wildman–Crippen MR) is 92.5 cm³/mol. The van der Waals surface area contributed by atoms with E-state index in [2.05, 4.69) is 32.9 Å². The summed E-state index contributed by atoms with van der Waals surface area (Å²) in [6.45, 7) is 6.96. The molecule has 1 heterocycles. The fourth-order valence-corrected chi connectivity index (χ4v) is 18.2. The molecule has 0 atom stereocenters. The van der Waals surface area contributed by atoms with Gasteiger partial charge in [-0.2, -0.15) is 0 Å². The molecule has 20 heavy (non-hydrogen) atoms. The molecule has 0 saturated carbocycles. The fourth-order valence-electron chi connectivity index (χ4n) is 3.25. The summed E-state index contributed by atoms with van der Waals surface area (Å²) >= 11 is -2.24. The van der Waals surface area contributed by atoms with Crippen LogP contribution >= 0.6 is 0 Å². The minimum atomic E-state index is -2.24. The van der Waals surface area contributed by atoms with Gasteiger partial charge < -0.3 is 0 Å². The Hall–Kier alpha value is 0.0787. The van der Waals surface area contributed by atoms with Gasteiger partial charge in [0.1, 0.15) is 0 Å². The Morgan fingerprint density at radius 3 is 1.90 bits per heavy atom. The van der Waals surface area contributed by atoms with Crippen molar-refractivity contribution in [3.8, 4) is 0 Å². The van der Waals surface area contributed by atoms with Crippen molar-refractivity contribution in [3.63, 3.8) is 0 Å². The number of unbranched alkanes of at least 4 members (excludes halogenated alkanes) is 5. The van der Waals surface area contributed by atoms with Gasteiger partial charge >= 0.3 is 130 Å². The van der Waals surface area contributed by atoms with E-state index in [0.29, 0.717) is 0 Å². The molecule has 0 N–H and O–H groups in total. The summed E-state index contributed by atoms with van der Waals surface area (Å²) in [5, 5.41) is 0. The molecular formula is C18H34OSn. The van der Waals surface area contributed by atoms with Crippen molar-refractivity contribution >= 4 is 22.2 Å². The second-order valence-corrected chi connectivity index (χ2v) is 19.3. The van der Waals surface area contributed by atoms with Crippen molar-refractivity contribution in [2.45, 2.75) is 85.4 Å². The van der Waals surface area contributed by atoms with Gasteiger partial charge in [0.2, 0.25) is 0 Å². The van der Waals surface area contributed by atoms with Gasteiger partial charge in [0.05, 0.1) is 0 Å². The van der Waals surface area contributed by atoms with Gasteiger partial charge in [0, 0.05) is 0 Å². The molecule has 0 aliphatic heterocycles. The molecule has 0 unspecified atom stereocenters. The van der Waals surface area contributed by atoms with Crippen molar-refractivity contribution in [3.05, 3.63) is 18.4 Å². The van der Waals surface area contributed by atoms with Gasteiger partial charge in [-0.25, -0.2) is 0 Å². The van der Waals surface area contributed by atoms with Crippen molar-refractivity contribution in [2.24, 2.45) is 0 Å². The first-order valence-corrected chi connectivity index (χ1v) is 16.3. The van der Waals surface area contributed by atoms with Crippen molar-refractivity contribution in [1.29, 1.82) is 0 Å². The maximum atomic E-state index is 5.94. The number of hydrogen-bond acceptors (Lipinski definition) is 1. The van der Waals surface area contributed by atoms with Gasteiger partial charge in [0.25, 0.3) is 0 Å². The van der Waals surface area contributed by atoms with E-state index in [1.54, 1.807) is 0 Å². The third-order valence-electron chi connectivity index (χ3n) is 4.57. The first kappa shape index (κ1) is 18.1. The van der Waals surface area contributed by atoms with Crippen molar-refractivity contribution in [2.75, 3.05) is 0 Å². The molecule has 0 aromatic carbocycles. The average Bonchev–Trinajstić information content (AvgIpc) is 3.00. The molecule has 2 heteroatoms. The summed E-state index contributed by atoms with van der Waals surface area (Å²) in [5.41, 5.74) is 0. The normalized spacial score (nSPS) is 11.9. The Morgan fingerprint density at radius 2 is 1.40 bits per heavy atom. The molecule has 1 aromatic heterocycles. The van der Waals surface area contributed by atoms with Gasteiger partial charge in [-0.15, -0.1) is 0 Å². The molecule has 0 saturated heterocycles. The van der Waals surface area contributed by atoms with E-state index in [1.807, 2.05) is 6.26 Å². The van der Waals surface area contributed by atoms with Crippen LogP contribution < -0.4 is 3.78 Å². The summed E-state index contributed by atoms with van der Waals surface area (Å²) in [4.78, 5) is 0. The second kappa shape index (κ2) is 10.8. The van der Waals surface area contributed by atoms with Crippen LogP contribution in [0.3, 0.4) is 0 Å². The van der Waals surface area contributed by atoms with Gasteiger partial charge in [-0.3, -0.25) is 0 Å². The molecule has 0 radical (unpaired) electrons. The van der Waals surface area contributed by atoms with Crippen LogP contribution in [-0.4, -0.2) is 18.4 Å². The molecule has 0 aliphatic carbocycles. The Balaban J connectivity index is 2.75. The molecule has 0 bridgehead atoms. The Bertz CT molecular complexity index is 310. The van der Waals surface area contributed by atoms with Crippen LogP contribution in [0.15, 0.2) is 22.8 Å². The second-order valence-electron chi connectivity index (χ2n) is 6.28. The van der Waals surface area contributed by atoms with E-state index in [-0.39, 0.29) is 0 Å². The summed E-state index contributed by atoms with van der Waals surface area (Å²) in [6, 6.07) is 4.42. The monoisotopic (exact) mass is 386 g/mol. The van der Waals surface area contributed by atoms with Gasteiger partial charge in [-0.1, -0.05) is 0 Å². The Morgan fingerprint density at radius 1 is 0.800 bits per heavy atom. The Kier molecular flexibility index (Phi) is 9.75. The third-order valence-corrected chi connectivity index (χ3v) is 19.6. The number of rotatable bonds is 12. The van der Waals surface area contributed by atoms with Crippen molar-refractivity contribution < 1.29 is 4.42 Å². The minimum absolute atomic E-state index is 1.33. The van der Waals surface area contributed by atoms with Crippen LogP contribution in [0, 0.1) is 0 Å². The van der Waals surface area contributed by atoms with Crippen LogP contribution in [0.4, 0.5) is 0 Å². The first-order valence-electron chi connectivity index (χ1n) is 8.83. The number of hydrogen-bond donors (Lipinski definition) is 0. The molecule has 1 rings (SSSR count). The SMILES string of the molecule is CCCCC[CH2][Sn]([CH2]CCC)([CH2]CCC)[c]1ccco1. The summed E-state index contributed by atoms with van der Waals surface area (Å²) in [5.74, 6) is 0. The maximum absolute atomic E-state index is 5.94. The zero-order valence-electron chi connectivity index (χ0n) is 13.9.